The van der Waals surface area contributed by atoms with Crippen LogP contribution in [-0.2, 0) is 16.1 Å². The van der Waals surface area contributed by atoms with Crippen molar-refractivity contribution in [3.05, 3.63) is 22.4 Å². The molecule has 0 unspecified atom stereocenters. The third-order valence-electron chi connectivity index (χ3n) is 2.26. The normalized spacial score (nSPS) is 11.9. The van der Waals surface area contributed by atoms with Gasteiger partial charge in [0.1, 0.15) is 0 Å². The Morgan fingerprint density at radius 1 is 1.47 bits per heavy atom. The number of aliphatic hydroxyl groups excluding tert-OH is 1. The first-order chi connectivity index (χ1) is 8.17. The quantitative estimate of drug-likeness (QED) is 0.661. The van der Waals surface area contributed by atoms with Crippen molar-refractivity contribution in [2.75, 3.05) is 6.61 Å². The molecule has 94 valence electrons. The number of carbonyl (C=O) groups is 2. The van der Waals surface area contributed by atoms with E-state index in [9.17, 15) is 9.59 Å². The maximum atomic E-state index is 11.4. The molecule has 3 N–H and O–H groups in total. The molecule has 1 heterocycles. The van der Waals surface area contributed by atoms with Gasteiger partial charge in [0.25, 0.3) is 0 Å². The molecule has 6 heteroatoms. The summed E-state index contributed by atoms with van der Waals surface area (Å²) in [5, 5.41) is 15.8. The third-order valence-corrected chi connectivity index (χ3v) is 3.13. The molecule has 0 aromatic carbocycles. The Balaban J connectivity index is 2.34. The van der Waals surface area contributed by atoms with E-state index in [2.05, 4.69) is 10.6 Å². The van der Waals surface area contributed by atoms with E-state index in [1.807, 2.05) is 24.4 Å². The zero-order chi connectivity index (χ0) is 12.7. The minimum absolute atomic E-state index is 0.166. The topological polar surface area (TPSA) is 78.4 Å². The van der Waals surface area contributed by atoms with Crippen molar-refractivity contribution in [3.8, 4) is 0 Å². The summed E-state index contributed by atoms with van der Waals surface area (Å²) in [5.41, 5.74) is 0. The van der Waals surface area contributed by atoms with Crippen LogP contribution in [0.15, 0.2) is 17.5 Å². The van der Waals surface area contributed by atoms with E-state index < -0.39 is 11.8 Å². The molecule has 0 bridgehead atoms. The summed E-state index contributed by atoms with van der Waals surface area (Å²) in [6, 6.07) is 3.39. The van der Waals surface area contributed by atoms with Crippen molar-refractivity contribution in [2.24, 2.45) is 0 Å². The van der Waals surface area contributed by atoms with Gasteiger partial charge in [-0.3, -0.25) is 9.59 Å². The lowest BCUT2D eigenvalue weighted by Crippen LogP contribution is -2.45. The molecule has 2 amide bonds. The SMILES string of the molecule is CC[C@H](CO)NC(=O)C(=O)NCc1cccs1. The summed E-state index contributed by atoms with van der Waals surface area (Å²) in [4.78, 5) is 23.8. The van der Waals surface area contributed by atoms with Gasteiger partial charge in [-0.15, -0.1) is 11.3 Å². The number of nitrogens with one attached hydrogen (secondary N) is 2. The summed E-state index contributed by atoms with van der Waals surface area (Å²) < 4.78 is 0. The third kappa shape index (κ3) is 4.54. The van der Waals surface area contributed by atoms with E-state index in [0.29, 0.717) is 13.0 Å². The Hall–Kier alpha value is -1.40. The van der Waals surface area contributed by atoms with Crippen LogP contribution in [0.1, 0.15) is 18.2 Å². The van der Waals surface area contributed by atoms with E-state index in [4.69, 9.17) is 5.11 Å². The fraction of sp³-hybridized carbons (Fsp3) is 0.455. The molecule has 0 saturated heterocycles. The van der Waals surface area contributed by atoms with Crippen molar-refractivity contribution < 1.29 is 14.7 Å². The molecular weight excluding hydrogens is 240 g/mol. The predicted octanol–water partition coefficient (Wildman–Crippen LogP) is 0.251. The molecule has 0 aliphatic carbocycles. The monoisotopic (exact) mass is 256 g/mol. The molecule has 5 nitrogen and oxygen atoms in total. The lowest BCUT2D eigenvalue weighted by molar-refractivity contribution is -0.139. The molecule has 0 spiro atoms. The molecule has 0 radical (unpaired) electrons. The minimum Gasteiger partial charge on any atom is -0.394 e. The van der Waals surface area contributed by atoms with Crippen LogP contribution in [0.3, 0.4) is 0 Å². The van der Waals surface area contributed by atoms with Crippen molar-refractivity contribution in [1.82, 2.24) is 10.6 Å². The average Bonchev–Trinajstić information content (AvgIpc) is 2.85. The molecule has 1 atom stereocenters. The Kier molecular flexibility index (Phi) is 5.65. The fourth-order valence-electron chi connectivity index (χ4n) is 1.19. The maximum absolute atomic E-state index is 11.4. The Morgan fingerprint density at radius 2 is 2.24 bits per heavy atom. The molecule has 1 rings (SSSR count). The molecule has 1 aromatic heterocycles. The van der Waals surface area contributed by atoms with Gasteiger partial charge < -0.3 is 15.7 Å². The zero-order valence-electron chi connectivity index (χ0n) is 9.60. The number of hydrogen-bond donors (Lipinski definition) is 3. The van der Waals surface area contributed by atoms with Crippen LogP contribution in [0.2, 0.25) is 0 Å². The van der Waals surface area contributed by atoms with Crippen LogP contribution in [0.25, 0.3) is 0 Å². The van der Waals surface area contributed by atoms with Crippen LogP contribution in [0, 0.1) is 0 Å². The van der Waals surface area contributed by atoms with Crippen molar-refractivity contribution in [3.63, 3.8) is 0 Å². The number of rotatable bonds is 5. The summed E-state index contributed by atoms with van der Waals surface area (Å²) in [6.45, 7) is 2.00. The average molecular weight is 256 g/mol. The zero-order valence-corrected chi connectivity index (χ0v) is 10.4. The first-order valence-electron chi connectivity index (χ1n) is 5.39. The lowest BCUT2D eigenvalue weighted by atomic mass is 10.2. The van der Waals surface area contributed by atoms with Gasteiger partial charge in [-0.1, -0.05) is 13.0 Å². The number of amides is 2. The summed E-state index contributed by atoms with van der Waals surface area (Å²) in [6.07, 6.45) is 0.584. The molecule has 17 heavy (non-hydrogen) atoms. The van der Waals surface area contributed by atoms with E-state index >= 15 is 0 Å². The van der Waals surface area contributed by atoms with Gasteiger partial charge in [-0.05, 0) is 17.9 Å². The van der Waals surface area contributed by atoms with Crippen LogP contribution in [0.4, 0.5) is 0 Å². The largest absolute Gasteiger partial charge is 0.394 e. The Bertz CT molecular complexity index is 361. The van der Waals surface area contributed by atoms with E-state index in [1.54, 1.807) is 0 Å². The lowest BCUT2D eigenvalue weighted by Gasteiger charge is -2.13. The molecule has 0 saturated carbocycles. The van der Waals surface area contributed by atoms with Gasteiger partial charge in [0.2, 0.25) is 0 Å². The summed E-state index contributed by atoms with van der Waals surface area (Å²) in [5.74, 6) is -1.38. The Labute approximate surface area is 104 Å². The second kappa shape index (κ2) is 7.03. The van der Waals surface area contributed by atoms with Crippen LogP contribution >= 0.6 is 11.3 Å². The highest BCUT2D eigenvalue weighted by Crippen LogP contribution is 2.07. The number of hydrogen-bond acceptors (Lipinski definition) is 4. The van der Waals surface area contributed by atoms with Gasteiger partial charge in [0.15, 0.2) is 0 Å². The standard InChI is InChI=1S/C11H16N2O3S/c1-2-8(7-14)13-11(16)10(15)12-6-9-4-3-5-17-9/h3-5,8,14H,2,6-7H2,1H3,(H,12,15)(H,13,16)/t8-/m1/s1. The van der Waals surface area contributed by atoms with E-state index in [0.717, 1.165) is 4.88 Å². The highest BCUT2D eigenvalue weighted by atomic mass is 32.1. The summed E-state index contributed by atoms with van der Waals surface area (Å²) >= 11 is 1.51. The number of aliphatic hydroxyl groups is 1. The van der Waals surface area contributed by atoms with E-state index in [1.165, 1.54) is 11.3 Å². The Morgan fingerprint density at radius 3 is 2.76 bits per heavy atom. The molecular formula is C11H16N2O3S. The highest BCUT2D eigenvalue weighted by Gasteiger charge is 2.16. The van der Waals surface area contributed by atoms with Gasteiger partial charge in [-0.2, -0.15) is 0 Å². The molecule has 0 fully saturated rings. The van der Waals surface area contributed by atoms with Crippen molar-refractivity contribution in [1.29, 1.82) is 0 Å². The summed E-state index contributed by atoms with van der Waals surface area (Å²) in [7, 11) is 0. The highest BCUT2D eigenvalue weighted by molar-refractivity contribution is 7.09. The van der Waals surface area contributed by atoms with Crippen LogP contribution in [0.5, 0.6) is 0 Å². The first-order valence-corrected chi connectivity index (χ1v) is 6.27. The molecule has 0 aliphatic heterocycles. The number of thiophene rings is 1. The fourth-order valence-corrected chi connectivity index (χ4v) is 1.83. The predicted molar refractivity (Wildman–Crippen MR) is 65.5 cm³/mol. The first kappa shape index (κ1) is 13.7. The molecule has 1 aromatic rings. The van der Waals surface area contributed by atoms with Gasteiger partial charge in [0.05, 0.1) is 19.2 Å². The van der Waals surface area contributed by atoms with Crippen LogP contribution < -0.4 is 10.6 Å². The van der Waals surface area contributed by atoms with Gasteiger partial charge in [0, 0.05) is 4.88 Å². The van der Waals surface area contributed by atoms with E-state index in [-0.39, 0.29) is 12.6 Å². The second-order valence-corrected chi connectivity index (χ2v) is 4.56. The van der Waals surface area contributed by atoms with Crippen molar-refractivity contribution >= 4 is 23.2 Å². The van der Waals surface area contributed by atoms with Gasteiger partial charge >= 0.3 is 11.8 Å². The smallest absolute Gasteiger partial charge is 0.309 e. The van der Waals surface area contributed by atoms with Crippen molar-refractivity contribution in [2.45, 2.75) is 25.9 Å². The van der Waals surface area contributed by atoms with Gasteiger partial charge in [-0.25, -0.2) is 0 Å². The second-order valence-electron chi connectivity index (χ2n) is 3.52. The maximum Gasteiger partial charge on any atom is 0.309 e. The minimum atomic E-state index is -0.706. The number of carbonyl (C=O) groups excluding carboxylic acids is 2. The van der Waals surface area contributed by atoms with Crippen LogP contribution in [-0.4, -0.2) is 29.6 Å². The molecule has 0 aliphatic rings.